The van der Waals surface area contributed by atoms with Gasteiger partial charge < -0.3 is 20.8 Å². The van der Waals surface area contributed by atoms with Crippen molar-refractivity contribution in [2.24, 2.45) is 0 Å². The Hall–Kier alpha value is -3.02. The normalized spacial score (nSPS) is 10.1. The van der Waals surface area contributed by atoms with Crippen LogP contribution in [0.5, 0.6) is 11.5 Å². The summed E-state index contributed by atoms with van der Waals surface area (Å²) < 4.78 is 0. The summed E-state index contributed by atoms with van der Waals surface area (Å²) in [5, 5.41) is 23.8. The molecule has 0 radical (unpaired) electrons. The third kappa shape index (κ3) is 3.54. The molecule has 2 rings (SSSR count). The number of aryl methyl sites for hydroxylation is 2. The molecule has 0 bridgehead atoms. The summed E-state index contributed by atoms with van der Waals surface area (Å²) in [5.74, 6) is -1.81. The van der Waals surface area contributed by atoms with Crippen molar-refractivity contribution in [3.05, 3.63) is 47.5 Å². The van der Waals surface area contributed by atoms with Crippen molar-refractivity contribution in [2.45, 2.75) is 13.8 Å². The number of rotatable bonds is 2. The van der Waals surface area contributed by atoms with Gasteiger partial charge in [-0.05, 0) is 55.3 Å². The van der Waals surface area contributed by atoms with Crippen molar-refractivity contribution in [3.63, 3.8) is 0 Å². The zero-order valence-electron chi connectivity index (χ0n) is 12.2. The monoisotopic (exact) mass is 300 g/mol. The second kappa shape index (κ2) is 6.17. The highest BCUT2D eigenvalue weighted by Crippen LogP contribution is 2.24. The smallest absolute Gasteiger partial charge is 0.314 e. The van der Waals surface area contributed by atoms with Crippen LogP contribution in [0, 0.1) is 13.8 Å². The first-order valence-electron chi connectivity index (χ1n) is 6.58. The van der Waals surface area contributed by atoms with Gasteiger partial charge in [-0.15, -0.1) is 0 Å². The van der Waals surface area contributed by atoms with E-state index in [4.69, 9.17) is 0 Å². The van der Waals surface area contributed by atoms with Crippen LogP contribution in [0.25, 0.3) is 0 Å². The van der Waals surface area contributed by atoms with Gasteiger partial charge in [-0.2, -0.15) is 0 Å². The zero-order valence-corrected chi connectivity index (χ0v) is 12.2. The Labute approximate surface area is 127 Å². The van der Waals surface area contributed by atoms with Crippen LogP contribution >= 0.6 is 0 Å². The summed E-state index contributed by atoms with van der Waals surface area (Å²) in [6, 6.07) is 9.07. The maximum Gasteiger partial charge on any atom is 0.314 e. The van der Waals surface area contributed by atoms with Crippen LogP contribution in [0.4, 0.5) is 11.4 Å². The second-order valence-electron chi connectivity index (χ2n) is 4.93. The topological polar surface area (TPSA) is 98.7 Å². The fourth-order valence-electron chi connectivity index (χ4n) is 1.90. The molecule has 6 nitrogen and oxygen atoms in total. The van der Waals surface area contributed by atoms with Gasteiger partial charge in [0.2, 0.25) is 0 Å². The van der Waals surface area contributed by atoms with E-state index in [-0.39, 0.29) is 17.2 Å². The molecule has 0 saturated carbocycles. The number of phenolic OH excluding ortho intramolecular Hbond substituents is 2. The minimum Gasteiger partial charge on any atom is -0.508 e. The fourth-order valence-corrected chi connectivity index (χ4v) is 1.90. The molecule has 0 aliphatic carbocycles. The maximum absolute atomic E-state index is 11.9. The Morgan fingerprint density at radius 3 is 2.14 bits per heavy atom. The summed E-state index contributed by atoms with van der Waals surface area (Å²) >= 11 is 0. The summed E-state index contributed by atoms with van der Waals surface area (Å²) in [4.78, 5) is 23.8. The number of anilines is 2. The van der Waals surface area contributed by atoms with E-state index in [1.54, 1.807) is 26.0 Å². The fraction of sp³-hybridized carbons (Fsp3) is 0.125. The number of hydrogen-bond acceptors (Lipinski definition) is 4. The van der Waals surface area contributed by atoms with Crippen molar-refractivity contribution in [3.8, 4) is 11.5 Å². The molecule has 0 heterocycles. The van der Waals surface area contributed by atoms with Crippen LogP contribution in [0.15, 0.2) is 36.4 Å². The van der Waals surface area contributed by atoms with Gasteiger partial charge in [0, 0.05) is 5.69 Å². The third-order valence-electron chi connectivity index (χ3n) is 3.06. The molecule has 6 heteroatoms. The Morgan fingerprint density at radius 1 is 0.864 bits per heavy atom. The lowest BCUT2D eigenvalue weighted by Crippen LogP contribution is -2.29. The van der Waals surface area contributed by atoms with Gasteiger partial charge in [0.25, 0.3) is 0 Å². The van der Waals surface area contributed by atoms with E-state index in [1.165, 1.54) is 24.3 Å². The molecule has 0 fully saturated rings. The van der Waals surface area contributed by atoms with Gasteiger partial charge in [-0.25, -0.2) is 0 Å². The molecule has 0 spiro atoms. The highest BCUT2D eigenvalue weighted by molar-refractivity contribution is 6.43. The lowest BCUT2D eigenvalue weighted by Gasteiger charge is -2.10. The Kier molecular flexibility index (Phi) is 4.31. The van der Waals surface area contributed by atoms with Gasteiger partial charge in [0.05, 0.1) is 5.69 Å². The zero-order chi connectivity index (χ0) is 16.3. The number of carbonyl (C=O) groups excluding carboxylic acids is 2. The van der Waals surface area contributed by atoms with E-state index in [9.17, 15) is 19.8 Å². The molecule has 0 unspecified atom stereocenters. The van der Waals surface area contributed by atoms with Gasteiger partial charge in [-0.1, -0.05) is 6.07 Å². The van der Waals surface area contributed by atoms with Crippen LogP contribution in [-0.2, 0) is 9.59 Å². The predicted molar refractivity (Wildman–Crippen MR) is 82.9 cm³/mol. The van der Waals surface area contributed by atoms with E-state index >= 15 is 0 Å². The standard InChI is InChI=1S/C16H16N2O4/c1-9-3-6-14(20)13(7-9)18-16(22)15(21)17-12-5-4-11(19)8-10(12)2/h3-8,19-20H,1-2H3,(H,17,21)(H,18,22). The van der Waals surface area contributed by atoms with Gasteiger partial charge in [0.1, 0.15) is 11.5 Å². The lowest BCUT2D eigenvalue weighted by atomic mass is 10.2. The van der Waals surface area contributed by atoms with Gasteiger partial charge in [-0.3, -0.25) is 9.59 Å². The molecule has 2 amide bonds. The van der Waals surface area contributed by atoms with E-state index in [2.05, 4.69) is 10.6 Å². The molecule has 0 atom stereocenters. The molecule has 0 aromatic heterocycles. The van der Waals surface area contributed by atoms with Crippen molar-refractivity contribution >= 4 is 23.2 Å². The molecular weight excluding hydrogens is 284 g/mol. The first kappa shape index (κ1) is 15.4. The molecule has 114 valence electrons. The molecule has 0 saturated heterocycles. The van der Waals surface area contributed by atoms with E-state index in [0.717, 1.165) is 5.56 Å². The second-order valence-corrected chi connectivity index (χ2v) is 4.93. The van der Waals surface area contributed by atoms with Crippen molar-refractivity contribution in [1.29, 1.82) is 0 Å². The lowest BCUT2D eigenvalue weighted by molar-refractivity contribution is -0.133. The molecule has 22 heavy (non-hydrogen) atoms. The maximum atomic E-state index is 11.9. The Bertz CT molecular complexity index is 741. The Balaban J connectivity index is 2.09. The SMILES string of the molecule is Cc1ccc(O)c(NC(=O)C(=O)Nc2ccc(O)cc2C)c1. The minimum atomic E-state index is -0.895. The highest BCUT2D eigenvalue weighted by atomic mass is 16.3. The number of benzene rings is 2. The highest BCUT2D eigenvalue weighted by Gasteiger charge is 2.16. The molecule has 0 aliphatic rings. The first-order valence-corrected chi connectivity index (χ1v) is 6.58. The van der Waals surface area contributed by atoms with Crippen LogP contribution in [-0.4, -0.2) is 22.0 Å². The third-order valence-corrected chi connectivity index (χ3v) is 3.06. The first-order chi connectivity index (χ1) is 10.4. The van der Waals surface area contributed by atoms with Crippen LogP contribution in [0.2, 0.25) is 0 Å². The van der Waals surface area contributed by atoms with Crippen LogP contribution in [0.1, 0.15) is 11.1 Å². The Morgan fingerprint density at radius 2 is 1.50 bits per heavy atom. The number of aromatic hydroxyl groups is 2. The minimum absolute atomic E-state index is 0.0737. The number of phenols is 2. The summed E-state index contributed by atoms with van der Waals surface area (Å²) in [6.45, 7) is 3.49. The molecule has 2 aromatic rings. The molecule has 2 aromatic carbocycles. The summed E-state index contributed by atoms with van der Waals surface area (Å²) in [7, 11) is 0. The van der Waals surface area contributed by atoms with E-state index in [1.807, 2.05) is 0 Å². The quantitative estimate of drug-likeness (QED) is 0.388. The van der Waals surface area contributed by atoms with Gasteiger partial charge >= 0.3 is 11.8 Å². The number of nitrogens with one attached hydrogen (secondary N) is 2. The molecule has 4 N–H and O–H groups in total. The summed E-state index contributed by atoms with van der Waals surface area (Å²) in [6.07, 6.45) is 0. The molecular formula is C16H16N2O4. The molecule has 0 aliphatic heterocycles. The van der Waals surface area contributed by atoms with Crippen molar-refractivity contribution in [2.75, 3.05) is 10.6 Å². The van der Waals surface area contributed by atoms with Crippen molar-refractivity contribution in [1.82, 2.24) is 0 Å². The largest absolute Gasteiger partial charge is 0.508 e. The average molecular weight is 300 g/mol. The average Bonchev–Trinajstić information content (AvgIpc) is 2.45. The number of hydrogen-bond donors (Lipinski definition) is 4. The number of carbonyl (C=O) groups is 2. The predicted octanol–water partition coefficient (Wildman–Crippen LogP) is 2.29. The van der Waals surface area contributed by atoms with Gasteiger partial charge in [0.15, 0.2) is 0 Å². The van der Waals surface area contributed by atoms with E-state index in [0.29, 0.717) is 11.3 Å². The number of amides is 2. The van der Waals surface area contributed by atoms with Crippen LogP contribution in [0.3, 0.4) is 0 Å². The van der Waals surface area contributed by atoms with Crippen molar-refractivity contribution < 1.29 is 19.8 Å². The van der Waals surface area contributed by atoms with E-state index < -0.39 is 11.8 Å². The summed E-state index contributed by atoms with van der Waals surface area (Å²) in [5.41, 5.74) is 2.05. The van der Waals surface area contributed by atoms with Crippen LogP contribution < -0.4 is 10.6 Å².